The van der Waals surface area contributed by atoms with E-state index in [0.717, 1.165) is 0 Å². The van der Waals surface area contributed by atoms with E-state index in [-0.39, 0.29) is 22.6 Å². The smallest absolute Gasteiger partial charge is 0.284 e. The molecular formula is C17H17BrFN3O3S. The summed E-state index contributed by atoms with van der Waals surface area (Å²) in [5.41, 5.74) is 0.527. The lowest BCUT2D eigenvalue weighted by atomic mass is 10.1. The Morgan fingerprint density at radius 3 is 2.62 bits per heavy atom. The highest BCUT2D eigenvalue weighted by atomic mass is 79.9. The van der Waals surface area contributed by atoms with Crippen molar-refractivity contribution in [3.8, 4) is 0 Å². The van der Waals surface area contributed by atoms with Crippen LogP contribution in [0.4, 0.5) is 10.1 Å². The molecule has 1 amide bonds. The summed E-state index contributed by atoms with van der Waals surface area (Å²) in [7, 11) is -0.648. The first-order valence-corrected chi connectivity index (χ1v) is 9.72. The van der Waals surface area contributed by atoms with Crippen LogP contribution >= 0.6 is 15.9 Å². The van der Waals surface area contributed by atoms with Gasteiger partial charge in [0.15, 0.2) is 0 Å². The second-order valence-corrected chi connectivity index (χ2v) is 8.08. The van der Waals surface area contributed by atoms with Gasteiger partial charge in [0.1, 0.15) is 17.1 Å². The third-order valence-corrected chi connectivity index (χ3v) is 5.44. The molecule has 0 aliphatic carbocycles. The molecule has 2 rings (SSSR count). The van der Waals surface area contributed by atoms with E-state index in [9.17, 15) is 17.6 Å². The van der Waals surface area contributed by atoms with Crippen molar-refractivity contribution in [3.63, 3.8) is 0 Å². The van der Waals surface area contributed by atoms with Crippen molar-refractivity contribution >= 4 is 43.9 Å². The minimum atomic E-state index is -3.94. The number of anilines is 1. The quantitative estimate of drug-likeness (QED) is 0.551. The summed E-state index contributed by atoms with van der Waals surface area (Å²) < 4.78 is 42.1. The molecule has 1 N–H and O–H groups in total. The van der Waals surface area contributed by atoms with Gasteiger partial charge >= 0.3 is 0 Å². The molecule has 0 aliphatic heterocycles. The fourth-order valence-corrected chi connectivity index (χ4v) is 3.89. The molecule has 0 spiro atoms. The van der Waals surface area contributed by atoms with Crippen LogP contribution < -0.4 is 5.32 Å². The van der Waals surface area contributed by atoms with Crippen molar-refractivity contribution in [1.29, 1.82) is 0 Å². The predicted molar refractivity (Wildman–Crippen MR) is 102 cm³/mol. The van der Waals surface area contributed by atoms with Crippen LogP contribution in [0.3, 0.4) is 0 Å². The largest absolute Gasteiger partial charge is 0.368 e. The summed E-state index contributed by atoms with van der Waals surface area (Å²) in [6.45, 7) is 0. The van der Waals surface area contributed by atoms with Crippen molar-refractivity contribution in [1.82, 2.24) is 4.90 Å². The Bertz CT molecular complexity index is 946. The van der Waals surface area contributed by atoms with E-state index in [1.54, 1.807) is 20.2 Å². The van der Waals surface area contributed by atoms with Crippen LogP contribution in [0.15, 0.2) is 56.2 Å². The highest BCUT2D eigenvalue weighted by molar-refractivity contribution is 9.10. The van der Waals surface area contributed by atoms with Crippen LogP contribution in [-0.2, 0) is 21.2 Å². The SMILES string of the molecule is CN(C)C=NS(=O)(=O)c1cc(NC(=O)Cc2ccccc2F)ccc1Br. The van der Waals surface area contributed by atoms with Crippen molar-refractivity contribution in [2.75, 3.05) is 19.4 Å². The number of nitrogens with zero attached hydrogens (tertiary/aromatic N) is 2. The number of rotatable bonds is 6. The van der Waals surface area contributed by atoms with Gasteiger partial charge in [-0.15, -0.1) is 4.40 Å². The van der Waals surface area contributed by atoms with E-state index in [4.69, 9.17) is 0 Å². The van der Waals surface area contributed by atoms with E-state index in [0.29, 0.717) is 4.47 Å². The predicted octanol–water partition coefficient (Wildman–Crippen LogP) is 3.05. The Morgan fingerprint density at radius 2 is 1.96 bits per heavy atom. The fourth-order valence-electron chi connectivity index (χ4n) is 2.01. The third kappa shape index (κ3) is 5.37. The van der Waals surface area contributed by atoms with Crippen molar-refractivity contribution in [3.05, 3.63) is 58.3 Å². The molecule has 0 atom stereocenters. The summed E-state index contributed by atoms with van der Waals surface area (Å²) in [6, 6.07) is 10.3. The highest BCUT2D eigenvalue weighted by Crippen LogP contribution is 2.27. The van der Waals surface area contributed by atoms with Gasteiger partial charge in [0.05, 0.1) is 6.42 Å². The topological polar surface area (TPSA) is 78.8 Å². The van der Waals surface area contributed by atoms with Gasteiger partial charge < -0.3 is 10.2 Å². The van der Waals surface area contributed by atoms with E-state index < -0.39 is 21.7 Å². The molecule has 9 heteroatoms. The average molecular weight is 442 g/mol. The number of sulfonamides is 1. The van der Waals surface area contributed by atoms with Crippen LogP contribution in [0, 0.1) is 5.82 Å². The van der Waals surface area contributed by atoms with E-state index in [1.165, 1.54) is 47.6 Å². The Hall–Kier alpha value is -2.26. The Kier molecular flexibility index (Phi) is 6.49. The van der Waals surface area contributed by atoms with Crippen LogP contribution in [0.2, 0.25) is 0 Å². The number of carbonyl (C=O) groups is 1. The zero-order valence-corrected chi connectivity index (χ0v) is 16.5. The number of hydrogen-bond acceptors (Lipinski definition) is 3. The summed E-state index contributed by atoms with van der Waals surface area (Å²) in [5.74, 6) is -0.933. The Labute approximate surface area is 159 Å². The molecule has 0 saturated heterocycles. The number of benzene rings is 2. The van der Waals surface area contributed by atoms with Crippen LogP contribution in [-0.4, -0.2) is 39.7 Å². The standard InChI is InChI=1S/C17H17BrFN3O3S/c1-22(2)11-20-26(24,25)16-10-13(7-8-14(16)18)21-17(23)9-12-5-3-4-6-15(12)19/h3-8,10-11H,9H2,1-2H3,(H,21,23). The molecule has 0 aliphatic rings. The van der Waals surface area contributed by atoms with Crippen molar-refractivity contribution < 1.29 is 17.6 Å². The van der Waals surface area contributed by atoms with Gasteiger partial charge in [0.25, 0.3) is 10.0 Å². The summed E-state index contributed by atoms with van der Waals surface area (Å²) in [5, 5.41) is 2.57. The lowest BCUT2D eigenvalue weighted by Gasteiger charge is -2.09. The minimum Gasteiger partial charge on any atom is -0.368 e. The maximum Gasteiger partial charge on any atom is 0.284 e. The number of carbonyl (C=O) groups excluding carboxylic acids is 1. The lowest BCUT2D eigenvalue weighted by Crippen LogP contribution is -2.15. The van der Waals surface area contributed by atoms with Gasteiger partial charge in [-0.1, -0.05) is 18.2 Å². The first-order valence-electron chi connectivity index (χ1n) is 7.49. The number of amides is 1. The van der Waals surface area contributed by atoms with Gasteiger partial charge in [0, 0.05) is 24.3 Å². The average Bonchev–Trinajstić information content (AvgIpc) is 2.57. The molecule has 2 aromatic carbocycles. The van der Waals surface area contributed by atoms with Crippen molar-refractivity contribution in [2.24, 2.45) is 4.40 Å². The second kappa shape index (κ2) is 8.41. The van der Waals surface area contributed by atoms with Crippen LogP contribution in [0.1, 0.15) is 5.56 Å². The molecule has 0 aromatic heterocycles. The molecule has 0 bridgehead atoms. The molecule has 0 fully saturated rings. The molecule has 2 aromatic rings. The maximum absolute atomic E-state index is 13.6. The molecule has 26 heavy (non-hydrogen) atoms. The maximum atomic E-state index is 13.6. The van der Waals surface area contributed by atoms with Gasteiger partial charge in [-0.05, 0) is 45.8 Å². The van der Waals surface area contributed by atoms with E-state index >= 15 is 0 Å². The third-order valence-electron chi connectivity index (χ3n) is 3.22. The molecule has 0 saturated carbocycles. The summed E-state index contributed by atoms with van der Waals surface area (Å²) in [4.78, 5) is 13.5. The summed E-state index contributed by atoms with van der Waals surface area (Å²) in [6.07, 6.45) is 1.01. The first kappa shape index (κ1) is 20.1. The van der Waals surface area contributed by atoms with Crippen molar-refractivity contribution in [2.45, 2.75) is 11.3 Å². The Morgan fingerprint density at radius 1 is 1.27 bits per heavy atom. The first-order chi connectivity index (χ1) is 12.2. The van der Waals surface area contributed by atoms with E-state index in [2.05, 4.69) is 25.6 Å². The molecule has 138 valence electrons. The summed E-state index contributed by atoms with van der Waals surface area (Å²) >= 11 is 3.17. The van der Waals surface area contributed by atoms with Gasteiger partial charge in [-0.3, -0.25) is 4.79 Å². The zero-order valence-electron chi connectivity index (χ0n) is 14.1. The van der Waals surface area contributed by atoms with Gasteiger partial charge in [0.2, 0.25) is 5.91 Å². The van der Waals surface area contributed by atoms with Crippen LogP contribution in [0.5, 0.6) is 0 Å². The zero-order chi connectivity index (χ0) is 19.3. The van der Waals surface area contributed by atoms with Crippen LogP contribution in [0.25, 0.3) is 0 Å². The number of nitrogens with one attached hydrogen (secondary N) is 1. The lowest BCUT2D eigenvalue weighted by molar-refractivity contribution is -0.115. The molecule has 0 unspecified atom stereocenters. The normalized spacial score (nSPS) is 11.5. The highest BCUT2D eigenvalue weighted by Gasteiger charge is 2.18. The molecule has 0 heterocycles. The van der Waals surface area contributed by atoms with E-state index in [1.807, 2.05) is 0 Å². The number of hydrogen-bond donors (Lipinski definition) is 1. The second-order valence-electron chi connectivity index (χ2n) is 5.62. The fraction of sp³-hybridized carbons (Fsp3) is 0.176. The van der Waals surface area contributed by atoms with Gasteiger partial charge in [-0.25, -0.2) is 4.39 Å². The minimum absolute atomic E-state index is 0.0840. The number of halogens is 2. The molecule has 0 radical (unpaired) electrons. The molecule has 6 nitrogen and oxygen atoms in total. The monoisotopic (exact) mass is 441 g/mol. The van der Waals surface area contributed by atoms with Gasteiger partial charge in [-0.2, -0.15) is 8.42 Å². The Balaban J connectivity index is 2.21. The molecular weight excluding hydrogens is 425 g/mol.